The summed E-state index contributed by atoms with van der Waals surface area (Å²) in [4.78, 5) is 27.8. The maximum absolute atomic E-state index is 13.3. The van der Waals surface area contributed by atoms with E-state index in [0.29, 0.717) is 37.4 Å². The molecule has 1 amide bonds. The van der Waals surface area contributed by atoms with Crippen molar-refractivity contribution >= 4 is 11.9 Å². The van der Waals surface area contributed by atoms with Crippen LogP contribution in [0.15, 0.2) is 48.5 Å². The average Bonchev–Trinajstić information content (AvgIpc) is 2.81. The van der Waals surface area contributed by atoms with Gasteiger partial charge in [-0.3, -0.25) is 9.69 Å². The van der Waals surface area contributed by atoms with Crippen LogP contribution >= 0.6 is 0 Å². The lowest BCUT2D eigenvalue weighted by Gasteiger charge is -2.47. The van der Waals surface area contributed by atoms with Gasteiger partial charge in [0.15, 0.2) is 5.78 Å². The van der Waals surface area contributed by atoms with E-state index in [2.05, 4.69) is 6.07 Å². The zero-order chi connectivity index (χ0) is 21.8. The lowest BCUT2D eigenvalue weighted by Crippen LogP contribution is -2.59. The van der Waals surface area contributed by atoms with Crippen LogP contribution in [0.5, 0.6) is 5.75 Å². The van der Waals surface area contributed by atoms with Crippen molar-refractivity contribution in [3.63, 3.8) is 0 Å². The van der Waals surface area contributed by atoms with E-state index in [-0.39, 0.29) is 42.0 Å². The summed E-state index contributed by atoms with van der Waals surface area (Å²) in [6, 6.07) is 16.2. The maximum Gasteiger partial charge on any atom is 0.410 e. The molecule has 2 saturated heterocycles. The molecule has 2 aliphatic rings. The number of rotatable bonds is 5. The standard InChI is InChI=1S/C24H24N2O5/c1-29-22-9-5-8-20(21(22)12-25)23(27)17-10-18-14-30-15-19(11-17)26(18)24(28)31-13-16-6-3-2-4-7-16/h2-9,17-19H,10-11,13-15H2,1H3. The number of piperidine rings is 1. The number of nitriles is 1. The monoisotopic (exact) mass is 420 g/mol. The number of ketones is 1. The van der Waals surface area contributed by atoms with Gasteiger partial charge in [-0.05, 0) is 30.5 Å². The first-order valence-electron chi connectivity index (χ1n) is 10.3. The quantitative estimate of drug-likeness (QED) is 0.687. The van der Waals surface area contributed by atoms with E-state index in [1.165, 1.54) is 7.11 Å². The number of benzene rings is 2. The summed E-state index contributed by atoms with van der Waals surface area (Å²) < 4.78 is 16.4. The van der Waals surface area contributed by atoms with Gasteiger partial charge in [-0.25, -0.2) is 4.79 Å². The minimum absolute atomic E-state index is 0.0929. The molecule has 0 aliphatic carbocycles. The van der Waals surface area contributed by atoms with Crippen molar-refractivity contribution < 1.29 is 23.8 Å². The first kappa shape index (κ1) is 20.9. The van der Waals surface area contributed by atoms with Crippen molar-refractivity contribution in [2.75, 3.05) is 20.3 Å². The molecule has 7 nitrogen and oxygen atoms in total. The Morgan fingerprint density at radius 2 is 1.81 bits per heavy atom. The van der Waals surface area contributed by atoms with Gasteiger partial charge in [0.2, 0.25) is 0 Å². The molecule has 0 spiro atoms. The van der Waals surface area contributed by atoms with Crippen LogP contribution in [0.2, 0.25) is 0 Å². The number of morpholine rings is 1. The van der Waals surface area contributed by atoms with Gasteiger partial charge in [0.1, 0.15) is 24.0 Å². The molecule has 2 bridgehead atoms. The SMILES string of the molecule is COc1cccc(C(=O)C2CC3COCC(C2)N3C(=O)OCc2ccccc2)c1C#N. The zero-order valence-electron chi connectivity index (χ0n) is 17.3. The van der Waals surface area contributed by atoms with Gasteiger partial charge in [0, 0.05) is 11.5 Å². The number of nitrogens with zero attached hydrogens (tertiary/aromatic N) is 2. The molecule has 2 fully saturated rings. The molecule has 2 atom stereocenters. The van der Waals surface area contributed by atoms with Crippen LogP contribution in [0.25, 0.3) is 0 Å². The molecular formula is C24H24N2O5. The Morgan fingerprint density at radius 3 is 2.45 bits per heavy atom. The van der Waals surface area contributed by atoms with Gasteiger partial charge >= 0.3 is 6.09 Å². The van der Waals surface area contributed by atoms with E-state index >= 15 is 0 Å². The Bertz CT molecular complexity index is 987. The second kappa shape index (κ2) is 9.19. The number of carbonyl (C=O) groups is 2. The Kier molecular flexibility index (Phi) is 6.19. The Hall–Kier alpha value is -3.37. The molecule has 0 saturated carbocycles. The molecule has 7 heteroatoms. The first-order chi connectivity index (χ1) is 15.1. The lowest BCUT2D eigenvalue weighted by atomic mass is 9.80. The van der Waals surface area contributed by atoms with E-state index < -0.39 is 0 Å². The molecule has 2 unspecified atom stereocenters. The van der Waals surface area contributed by atoms with E-state index in [9.17, 15) is 14.9 Å². The highest BCUT2D eigenvalue weighted by Gasteiger charge is 2.44. The van der Waals surface area contributed by atoms with Gasteiger partial charge in [-0.15, -0.1) is 0 Å². The van der Waals surface area contributed by atoms with Gasteiger partial charge in [0.25, 0.3) is 0 Å². The summed E-state index contributed by atoms with van der Waals surface area (Å²) in [5.74, 6) is -0.000245. The Balaban J connectivity index is 1.48. The van der Waals surface area contributed by atoms with Crippen LogP contribution in [0, 0.1) is 17.2 Å². The van der Waals surface area contributed by atoms with Gasteiger partial charge in [-0.1, -0.05) is 36.4 Å². The Labute approximate surface area is 181 Å². The number of carbonyl (C=O) groups excluding carboxylic acids is 2. The summed E-state index contributed by atoms with van der Waals surface area (Å²) in [6.45, 7) is 0.933. The summed E-state index contributed by atoms with van der Waals surface area (Å²) in [7, 11) is 1.48. The number of Topliss-reactive ketones (excluding diaryl/α,β-unsaturated/α-hetero) is 1. The number of hydrogen-bond donors (Lipinski definition) is 0. The molecule has 0 aromatic heterocycles. The molecule has 2 aromatic rings. The Morgan fingerprint density at radius 1 is 1.10 bits per heavy atom. The molecule has 2 aromatic carbocycles. The predicted octanol–water partition coefficient (Wildman–Crippen LogP) is 3.57. The van der Waals surface area contributed by atoms with Crippen molar-refractivity contribution in [1.82, 2.24) is 4.90 Å². The van der Waals surface area contributed by atoms with Crippen molar-refractivity contribution in [3.05, 3.63) is 65.2 Å². The molecule has 4 rings (SSSR count). The summed E-state index contributed by atoms with van der Waals surface area (Å²) in [5.41, 5.74) is 1.54. The molecule has 160 valence electrons. The highest BCUT2D eigenvalue weighted by molar-refractivity contribution is 6.01. The van der Waals surface area contributed by atoms with Crippen LogP contribution in [0.4, 0.5) is 4.79 Å². The largest absolute Gasteiger partial charge is 0.495 e. The smallest absolute Gasteiger partial charge is 0.410 e. The van der Waals surface area contributed by atoms with Crippen molar-refractivity contribution in [2.24, 2.45) is 5.92 Å². The number of fused-ring (bicyclic) bond motifs is 2. The third-order valence-electron chi connectivity index (χ3n) is 5.93. The second-order valence-corrected chi connectivity index (χ2v) is 7.82. The summed E-state index contributed by atoms with van der Waals surface area (Å²) in [6.07, 6.45) is 0.558. The average molecular weight is 420 g/mol. The second-order valence-electron chi connectivity index (χ2n) is 7.82. The van der Waals surface area contributed by atoms with Crippen LogP contribution < -0.4 is 4.74 Å². The molecule has 2 heterocycles. The van der Waals surface area contributed by atoms with E-state index in [4.69, 9.17) is 14.2 Å². The summed E-state index contributed by atoms with van der Waals surface area (Å²) >= 11 is 0. The van der Waals surface area contributed by atoms with Gasteiger partial charge < -0.3 is 14.2 Å². The minimum Gasteiger partial charge on any atom is -0.495 e. The molecule has 0 N–H and O–H groups in total. The van der Waals surface area contributed by atoms with Gasteiger partial charge in [-0.2, -0.15) is 5.26 Å². The van der Waals surface area contributed by atoms with Crippen LogP contribution in [-0.2, 0) is 16.1 Å². The van der Waals surface area contributed by atoms with Crippen molar-refractivity contribution in [2.45, 2.75) is 31.5 Å². The number of amides is 1. The number of ether oxygens (including phenoxy) is 3. The third-order valence-corrected chi connectivity index (χ3v) is 5.93. The fraction of sp³-hybridized carbons (Fsp3) is 0.375. The fourth-order valence-corrected chi connectivity index (χ4v) is 4.46. The zero-order valence-corrected chi connectivity index (χ0v) is 17.3. The summed E-state index contributed by atoms with van der Waals surface area (Å²) in [5, 5.41) is 9.54. The number of hydrogen-bond acceptors (Lipinski definition) is 6. The third kappa shape index (κ3) is 4.25. The predicted molar refractivity (Wildman–Crippen MR) is 112 cm³/mol. The highest BCUT2D eigenvalue weighted by Crippen LogP contribution is 2.35. The van der Waals surface area contributed by atoms with E-state index in [1.54, 1.807) is 23.1 Å². The number of methoxy groups -OCH3 is 1. The van der Waals surface area contributed by atoms with Crippen molar-refractivity contribution in [1.29, 1.82) is 5.26 Å². The molecule has 0 radical (unpaired) electrons. The fourth-order valence-electron chi connectivity index (χ4n) is 4.46. The normalized spacial score (nSPS) is 22.3. The molecule has 31 heavy (non-hydrogen) atoms. The van der Waals surface area contributed by atoms with Gasteiger partial charge in [0.05, 0.1) is 32.4 Å². The highest BCUT2D eigenvalue weighted by atomic mass is 16.6. The van der Waals surface area contributed by atoms with Crippen LogP contribution in [0.3, 0.4) is 0 Å². The minimum atomic E-state index is -0.382. The lowest BCUT2D eigenvalue weighted by molar-refractivity contribution is -0.0755. The van der Waals surface area contributed by atoms with E-state index in [1.807, 2.05) is 30.3 Å². The van der Waals surface area contributed by atoms with Crippen LogP contribution in [-0.4, -0.2) is 49.2 Å². The molecular weight excluding hydrogens is 396 g/mol. The van der Waals surface area contributed by atoms with Crippen molar-refractivity contribution in [3.8, 4) is 11.8 Å². The molecule has 2 aliphatic heterocycles. The first-order valence-corrected chi connectivity index (χ1v) is 10.3. The topological polar surface area (TPSA) is 88.9 Å². The van der Waals surface area contributed by atoms with E-state index in [0.717, 1.165) is 5.56 Å². The van der Waals surface area contributed by atoms with Crippen LogP contribution in [0.1, 0.15) is 34.3 Å². The maximum atomic E-state index is 13.3.